The zero-order valence-electron chi connectivity index (χ0n) is 23.4. The standard InChI is InChI=1S/C32H38N4O/c1-21-15-22(2)32(23(3)16-21)36-20-35(26(6)27(36)7)29-12-10-14-31(18-29)37-30-13-9-11-28(17-30)34-19-33(8)24(4)25(34)5/h9-18H,19-20H2,1-8H3. The number of rotatable bonds is 5. The summed E-state index contributed by atoms with van der Waals surface area (Å²) in [5.41, 5.74) is 12.6. The molecule has 3 aromatic carbocycles. The highest BCUT2D eigenvalue weighted by Crippen LogP contribution is 2.38. The zero-order chi connectivity index (χ0) is 26.4. The minimum Gasteiger partial charge on any atom is -0.457 e. The molecule has 0 unspecified atom stereocenters. The zero-order valence-corrected chi connectivity index (χ0v) is 23.4. The molecule has 5 heteroatoms. The highest BCUT2D eigenvalue weighted by molar-refractivity contribution is 5.70. The molecule has 0 saturated carbocycles. The minimum atomic E-state index is 0.786. The Morgan fingerprint density at radius 3 is 1.57 bits per heavy atom. The summed E-state index contributed by atoms with van der Waals surface area (Å²) in [6.07, 6.45) is 0. The van der Waals surface area contributed by atoms with Crippen molar-refractivity contribution < 1.29 is 4.74 Å². The monoisotopic (exact) mass is 494 g/mol. The maximum absolute atomic E-state index is 6.38. The van der Waals surface area contributed by atoms with Crippen molar-refractivity contribution in [2.45, 2.75) is 48.5 Å². The Bertz CT molecular complexity index is 1400. The number of anilines is 3. The third-order valence-electron chi connectivity index (χ3n) is 7.87. The van der Waals surface area contributed by atoms with Gasteiger partial charge in [-0.1, -0.05) is 29.8 Å². The Morgan fingerprint density at radius 2 is 1.05 bits per heavy atom. The number of ether oxygens (including phenoxy) is 1. The van der Waals surface area contributed by atoms with Crippen LogP contribution in [0.5, 0.6) is 11.5 Å². The summed E-state index contributed by atoms with van der Waals surface area (Å²) in [5, 5.41) is 0. The van der Waals surface area contributed by atoms with Gasteiger partial charge in [0.15, 0.2) is 0 Å². The van der Waals surface area contributed by atoms with Gasteiger partial charge in [0.2, 0.25) is 0 Å². The molecule has 0 radical (unpaired) electrons. The lowest BCUT2D eigenvalue weighted by molar-refractivity contribution is 0.459. The first-order valence-corrected chi connectivity index (χ1v) is 13.0. The van der Waals surface area contributed by atoms with Crippen molar-refractivity contribution in [1.82, 2.24) is 4.90 Å². The van der Waals surface area contributed by atoms with E-state index in [1.54, 1.807) is 0 Å². The van der Waals surface area contributed by atoms with Crippen LogP contribution in [-0.2, 0) is 0 Å². The number of hydrogen-bond donors (Lipinski definition) is 0. The van der Waals surface area contributed by atoms with Crippen LogP contribution in [0.2, 0.25) is 0 Å². The fraction of sp³-hybridized carbons (Fsp3) is 0.312. The average molecular weight is 495 g/mol. The molecule has 5 nitrogen and oxygen atoms in total. The smallest absolute Gasteiger partial charge is 0.129 e. The van der Waals surface area contributed by atoms with Crippen molar-refractivity contribution in [3.8, 4) is 11.5 Å². The molecule has 0 atom stereocenters. The first kappa shape index (κ1) is 24.8. The van der Waals surface area contributed by atoms with E-state index in [0.29, 0.717) is 0 Å². The van der Waals surface area contributed by atoms with Crippen LogP contribution in [0, 0.1) is 20.8 Å². The van der Waals surface area contributed by atoms with Crippen LogP contribution in [0.4, 0.5) is 17.1 Å². The summed E-state index contributed by atoms with van der Waals surface area (Å²) >= 11 is 0. The molecule has 0 bridgehead atoms. The third kappa shape index (κ3) is 4.55. The molecule has 37 heavy (non-hydrogen) atoms. The van der Waals surface area contributed by atoms with E-state index in [2.05, 4.69) is 124 Å². The van der Waals surface area contributed by atoms with Gasteiger partial charge in [0.1, 0.15) is 11.5 Å². The summed E-state index contributed by atoms with van der Waals surface area (Å²) in [6.45, 7) is 17.0. The van der Waals surface area contributed by atoms with Gasteiger partial charge in [-0.25, -0.2) is 0 Å². The van der Waals surface area contributed by atoms with Gasteiger partial charge in [0.25, 0.3) is 0 Å². The Kier molecular flexibility index (Phi) is 6.40. The molecule has 3 aromatic rings. The van der Waals surface area contributed by atoms with Crippen molar-refractivity contribution in [1.29, 1.82) is 0 Å². The number of allylic oxidation sites excluding steroid dienone is 4. The van der Waals surface area contributed by atoms with Crippen molar-refractivity contribution in [2.24, 2.45) is 0 Å². The largest absolute Gasteiger partial charge is 0.457 e. The molecule has 2 heterocycles. The maximum Gasteiger partial charge on any atom is 0.129 e. The summed E-state index contributed by atoms with van der Waals surface area (Å²) in [6, 6.07) is 21.3. The summed E-state index contributed by atoms with van der Waals surface area (Å²) in [7, 11) is 2.13. The van der Waals surface area contributed by atoms with Gasteiger partial charge in [0.05, 0.1) is 13.3 Å². The second-order valence-electron chi connectivity index (χ2n) is 10.5. The molecule has 0 aliphatic carbocycles. The minimum absolute atomic E-state index is 0.786. The molecule has 0 N–H and O–H groups in total. The molecule has 5 rings (SSSR count). The number of benzene rings is 3. The van der Waals surface area contributed by atoms with E-state index in [-0.39, 0.29) is 0 Å². The average Bonchev–Trinajstić information content (AvgIpc) is 3.29. The summed E-state index contributed by atoms with van der Waals surface area (Å²) in [4.78, 5) is 9.39. The van der Waals surface area contributed by atoms with E-state index in [0.717, 1.165) is 36.2 Å². The predicted octanol–water partition coefficient (Wildman–Crippen LogP) is 7.90. The van der Waals surface area contributed by atoms with E-state index in [9.17, 15) is 0 Å². The van der Waals surface area contributed by atoms with Crippen LogP contribution in [0.1, 0.15) is 44.4 Å². The summed E-state index contributed by atoms with van der Waals surface area (Å²) in [5.74, 6) is 1.68. The molecule has 2 aliphatic heterocycles. The number of nitrogens with zero attached hydrogens (tertiary/aromatic N) is 4. The third-order valence-corrected chi connectivity index (χ3v) is 7.87. The van der Waals surface area contributed by atoms with E-state index in [1.807, 2.05) is 12.1 Å². The lowest BCUT2D eigenvalue weighted by Crippen LogP contribution is -2.28. The second-order valence-corrected chi connectivity index (χ2v) is 10.5. The molecular formula is C32H38N4O. The Labute approximate surface area is 221 Å². The molecule has 0 aromatic heterocycles. The summed E-state index contributed by atoms with van der Waals surface area (Å²) < 4.78 is 6.38. The van der Waals surface area contributed by atoms with Crippen molar-refractivity contribution in [2.75, 3.05) is 35.1 Å². The van der Waals surface area contributed by atoms with Gasteiger partial charge in [-0.2, -0.15) is 0 Å². The van der Waals surface area contributed by atoms with Crippen molar-refractivity contribution in [3.63, 3.8) is 0 Å². The van der Waals surface area contributed by atoms with E-state index in [4.69, 9.17) is 4.74 Å². The molecule has 0 saturated heterocycles. The molecule has 192 valence electrons. The quantitative estimate of drug-likeness (QED) is 0.358. The van der Waals surface area contributed by atoms with Crippen LogP contribution in [-0.4, -0.2) is 25.3 Å². The number of aryl methyl sites for hydroxylation is 3. The predicted molar refractivity (Wildman–Crippen MR) is 155 cm³/mol. The first-order chi connectivity index (χ1) is 17.6. The Hall–Kier alpha value is -3.86. The SMILES string of the molecule is CC1=C(C)N(c2cccc(Oc3cccc(N4CN(c5c(C)cc(C)cc5C)C(C)=C4C)c3)c2)CN1C. The van der Waals surface area contributed by atoms with E-state index < -0.39 is 0 Å². The molecule has 0 fully saturated rings. The van der Waals surface area contributed by atoms with Crippen molar-refractivity contribution >= 4 is 17.1 Å². The second kappa shape index (κ2) is 9.55. The van der Waals surface area contributed by atoms with E-state index >= 15 is 0 Å². The molecule has 2 aliphatic rings. The highest BCUT2D eigenvalue weighted by atomic mass is 16.5. The van der Waals surface area contributed by atoms with Crippen LogP contribution < -0.4 is 19.4 Å². The number of hydrogen-bond acceptors (Lipinski definition) is 5. The lowest BCUT2D eigenvalue weighted by Gasteiger charge is -2.27. The van der Waals surface area contributed by atoms with Crippen LogP contribution in [0.3, 0.4) is 0 Å². The van der Waals surface area contributed by atoms with Gasteiger partial charge in [-0.15, -0.1) is 0 Å². The maximum atomic E-state index is 6.38. The van der Waals surface area contributed by atoms with Crippen LogP contribution >= 0.6 is 0 Å². The van der Waals surface area contributed by atoms with Gasteiger partial charge >= 0.3 is 0 Å². The van der Waals surface area contributed by atoms with Gasteiger partial charge in [-0.3, -0.25) is 0 Å². The fourth-order valence-electron chi connectivity index (χ4n) is 5.59. The van der Waals surface area contributed by atoms with Crippen LogP contribution in [0.25, 0.3) is 0 Å². The fourth-order valence-corrected chi connectivity index (χ4v) is 5.59. The first-order valence-electron chi connectivity index (χ1n) is 13.0. The van der Waals surface area contributed by atoms with Gasteiger partial charge in [-0.05, 0) is 83.9 Å². The molecule has 0 spiro atoms. The molecule has 0 amide bonds. The van der Waals surface area contributed by atoms with E-state index in [1.165, 1.54) is 45.2 Å². The lowest BCUT2D eigenvalue weighted by atomic mass is 10.0. The Balaban J connectivity index is 1.38. The Morgan fingerprint density at radius 1 is 0.568 bits per heavy atom. The van der Waals surface area contributed by atoms with Gasteiger partial charge < -0.3 is 24.3 Å². The normalized spacial score (nSPS) is 16.0. The van der Waals surface area contributed by atoms with Crippen LogP contribution in [0.15, 0.2) is 83.5 Å². The highest BCUT2D eigenvalue weighted by Gasteiger charge is 2.28. The molecular weight excluding hydrogens is 456 g/mol. The van der Waals surface area contributed by atoms with Gasteiger partial charge in [0, 0.05) is 59.0 Å². The topological polar surface area (TPSA) is 22.2 Å². The van der Waals surface area contributed by atoms with Crippen molar-refractivity contribution in [3.05, 3.63) is 100 Å².